The number of non-ortho nitro benzene ring substituents is 1. The number of hydrogen-bond acceptors (Lipinski definition) is 5. The molecule has 10 heteroatoms. The summed E-state index contributed by atoms with van der Waals surface area (Å²) in [4.78, 5) is 41.7. The Morgan fingerprint density at radius 3 is 2.05 bits per heavy atom. The zero-order chi connectivity index (χ0) is 27.8. The van der Waals surface area contributed by atoms with Crippen molar-refractivity contribution in [1.82, 2.24) is 14.7 Å². The fourth-order valence-electron chi connectivity index (χ4n) is 4.27. The molecule has 1 heterocycles. The van der Waals surface area contributed by atoms with Gasteiger partial charge in [0.2, 0.25) is 5.91 Å². The topological polar surface area (TPSA) is 87.0 Å². The smallest absolute Gasteiger partial charge is 0.269 e. The van der Waals surface area contributed by atoms with Crippen molar-refractivity contribution < 1.29 is 23.3 Å². The van der Waals surface area contributed by atoms with E-state index in [9.17, 15) is 28.5 Å². The fourth-order valence-corrected chi connectivity index (χ4v) is 4.27. The molecule has 4 rings (SSSR count). The van der Waals surface area contributed by atoms with Crippen molar-refractivity contribution in [1.29, 1.82) is 0 Å². The molecule has 0 N–H and O–H groups in total. The number of nitro benzene ring substituents is 1. The predicted octanol–water partition coefficient (Wildman–Crippen LogP) is 4.37. The highest BCUT2D eigenvalue weighted by Crippen LogP contribution is 2.15. The second-order valence-electron chi connectivity index (χ2n) is 9.21. The van der Waals surface area contributed by atoms with Crippen molar-refractivity contribution >= 4 is 23.6 Å². The molecule has 1 aliphatic rings. The average Bonchev–Trinajstić information content (AvgIpc) is 2.95. The maximum atomic E-state index is 13.4. The van der Waals surface area contributed by atoms with Crippen LogP contribution in [0.25, 0.3) is 6.08 Å². The molecule has 8 nitrogen and oxygen atoms in total. The Morgan fingerprint density at radius 2 is 1.46 bits per heavy atom. The van der Waals surface area contributed by atoms with E-state index in [1.807, 2.05) is 0 Å². The third kappa shape index (κ3) is 7.78. The van der Waals surface area contributed by atoms with Crippen LogP contribution in [0.15, 0.2) is 78.9 Å². The summed E-state index contributed by atoms with van der Waals surface area (Å²) in [5, 5.41) is 10.8. The molecule has 1 saturated heterocycles. The molecule has 0 aromatic heterocycles. The maximum absolute atomic E-state index is 13.4. The molecule has 0 radical (unpaired) electrons. The number of carbonyl (C=O) groups excluding carboxylic acids is 2. The Kier molecular flexibility index (Phi) is 9.11. The fraction of sp³-hybridized carbons (Fsp3) is 0.241. The normalized spacial score (nSPS) is 13.9. The first-order valence-electron chi connectivity index (χ1n) is 12.5. The monoisotopic (exact) mass is 534 g/mol. The molecule has 0 saturated carbocycles. The van der Waals surface area contributed by atoms with Crippen LogP contribution in [0.2, 0.25) is 0 Å². The highest BCUT2D eigenvalue weighted by molar-refractivity contribution is 5.94. The molecule has 0 atom stereocenters. The summed E-state index contributed by atoms with van der Waals surface area (Å²) in [6, 6.07) is 17.3. The summed E-state index contributed by atoms with van der Waals surface area (Å²) >= 11 is 0. The van der Waals surface area contributed by atoms with Gasteiger partial charge in [0.25, 0.3) is 11.6 Å². The number of piperazine rings is 1. The van der Waals surface area contributed by atoms with E-state index in [4.69, 9.17) is 0 Å². The molecular weight excluding hydrogens is 506 g/mol. The number of carbonyl (C=O) groups is 2. The predicted molar refractivity (Wildman–Crippen MR) is 143 cm³/mol. The summed E-state index contributed by atoms with van der Waals surface area (Å²) in [5.41, 5.74) is 1.83. The number of amides is 2. The van der Waals surface area contributed by atoms with Crippen LogP contribution in [0.4, 0.5) is 14.5 Å². The van der Waals surface area contributed by atoms with Crippen LogP contribution < -0.4 is 0 Å². The lowest BCUT2D eigenvalue weighted by molar-refractivity contribution is -0.384. The minimum atomic E-state index is -0.473. The molecule has 2 amide bonds. The Morgan fingerprint density at radius 1 is 0.872 bits per heavy atom. The van der Waals surface area contributed by atoms with Gasteiger partial charge in [-0.05, 0) is 65.7 Å². The first-order chi connectivity index (χ1) is 18.8. The van der Waals surface area contributed by atoms with Gasteiger partial charge in [0, 0.05) is 69.6 Å². The summed E-state index contributed by atoms with van der Waals surface area (Å²) < 4.78 is 26.7. The quantitative estimate of drug-likeness (QED) is 0.231. The lowest BCUT2D eigenvalue weighted by Gasteiger charge is -2.35. The van der Waals surface area contributed by atoms with E-state index in [2.05, 4.69) is 4.90 Å². The summed E-state index contributed by atoms with van der Waals surface area (Å²) in [7, 11) is 0. The van der Waals surface area contributed by atoms with Gasteiger partial charge in [-0.1, -0.05) is 12.1 Å². The molecule has 202 valence electrons. The van der Waals surface area contributed by atoms with Crippen molar-refractivity contribution in [2.24, 2.45) is 0 Å². The highest BCUT2D eigenvalue weighted by atomic mass is 19.1. The van der Waals surface area contributed by atoms with Crippen LogP contribution in [0.3, 0.4) is 0 Å². The van der Waals surface area contributed by atoms with Crippen molar-refractivity contribution in [2.45, 2.75) is 6.54 Å². The van der Waals surface area contributed by atoms with E-state index in [0.717, 1.165) is 5.56 Å². The molecule has 1 aliphatic heterocycles. The van der Waals surface area contributed by atoms with Gasteiger partial charge >= 0.3 is 0 Å². The summed E-state index contributed by atoms with van der Waals surface area (Å²) in [6.07, 6.45) is 3.09. The van der Waals surface area contributed by atoms with Gasteiger partial charge in [0.1, 0.15) is 11.6 Å². The van der Waals surface area contributed by atoms with Crippen LogP contribution in [0.1, 0.15) is 21.5 Å². The molecule has 0 bridgehead atoms. The average molecular weight is 535 g/mol. The van der Waals surface area contributed by atoms with E-state index >= 15 is 0 Å². The number of halogens is 2. The summed E-state index contributed by atoms with van der Waals surface area (Å²) in [5.74, 6) is -1.17. The molecule has 0 spiro atoms. The van der Waals surface area contributed by atoms with E-state index < -0.39 is 10.7 Å². The van der Waals surface area contributed by atoms with Gasteiger partial charge in [-0.2, -0.15) is 0 Å². The van der Waals surface area contributed by atoms with Crippen molar-refractivity contribution in [3.05, 3.63) is 117 Å². The Hall–Kier alpha value is -4.44. The second-order valence-corrected chi connectivity index (χ2v) is 9.21. The van der Waals surface area contributed by atoms with Gasteiger partial charge < -0.3 is 9.80 Å². The lowest BCUT2D eigenvalue weighted by atomic mass is 10.1. The molecule has 1 fully saturated rings. The molecule has 0 unspecified atom stereocenters. The molecule has 39 heavy (non-hydrogen) atoms. The number of nitrogens with zero attached hydrogens (tertiary/aromatic N) is 4. The Labute approximate surface area is 224 Å². The number of rotatable bonds is 9. The van der Waals surface area contributed by atoms with Gasteiger partial charge in [-0.25, -0.2) is 8.78 Å². The third-order valence-corrected chi connectivity index (χ3v) is 6.56. The van der Waals surface area contributed by atoms with Gasteiger partial charge in [-0.15, -0.1) is 0 Å². The standard InChI is InChI=1S/C29H28F2N4O4/c30-25-8-1-23(2-9-25)21-34(29(37)24-6-10-26(31)11-7-24)20-17-32-15-18-33(19-16-32)28(36)14-5-22-3-12-27(13-4-22)35(38)39/h1-14H,15-21H2/b14-5+. The molecule has 3 aromatic rings. The van der Waals surface area contributed by atoms with Crippen molar-refractivity contribution in [3.63, 3.8) is 0 Å². The van der Waals surface area contributed by atoms with Crippen molar-refractivity contribution in [3.8, 4) is 0 Å². The third-order valence-electron chi connectivity index (χ3n) is 6.56. The zero-order valence-electron chi connectivity index (χ0n) is 21.2. The maximum Gasteiger partial charge on any atom is 0.269 e. The van der Waals surface area contributed by atoms with Crippen LogP contribution in [0, 0.1) is 21.7 Å². The first-order valence-corrected chi connectivity index (χ1v) is 12.5. The van der Waals surface area contributed by atoms with Gasteiger partial charge in [0.15, 0.2) is 0 Å². The Balaban J connectivity index is 1.31. The molecular formula is C29H28F2N4O4. The van der Waals surface area contributed by atoms with E-state index in [1.165, 1.54) is 54.6 Å². The van der Waals surface area contributed by atoms with Crippen LogP contribution in [0.5, 0.6) is 0 Å². The second kappa shape index (κ2) is 12.9. The van der Waals surface area contributed by atoms with E-state index in [-0.39, 0.29) is 29.9 Å². The van der Waals surface area contributed by atoms with Crippen LogP contribution in [-0.4, -0.2) is 70.7 Å². The SMILES string of the molecule is O=C(/C=C/c1ccc([N+](=O)[O-])cc1)N1CCN(CCN(Cc2ccc(F)cc2)C(=O)c2ccc(F)cc2)CC1. The van der Waals surface area contributed by atoms with Gasteiger partial charge in [-0.3, -0.25) is 24.6 Å². The lowest BCUT2D eigenvalue weighted by Crippen LogP contribution is -2.50. The first kappa shape index (κ1) is 27.6. The highest BCUT2D eigenvalue weighted by Gasteiger charge is 2.22. The molecule has 0 aliphatic carbocycles. The zero-order valence-corrected chi connectivity index (χ0v) is 21.2. The van der Waals surface area contributed by atoms with E-state index in [1.54, 1.807) is 40.1 Å². The van der Waals surface area contributed by atoms with Gasteiger partial charge in [0.05, 0.1) is 4.92 Å². The summed E-state index contributed by atoms with van der Waals surface area (Å²) in [6.45, 7) is 3.57. The minimum Gasteiger partial charge on any atom is -0.337 e. The largest absolute Gasteiger partial charge is 0.337 e. The molecule has 3 aromatic carbocycles. The Bertz CT molecular complexity index is 1320. The van der Waals surface area contributed by atoms with E-state index in [0.29, 0.717) is 50.4 Å². The van der Waals surface area contributed by atoms with Crippen LogP contribution >= 0.6 is 0 Å². The number of nitro groups is 1. The van der Waals surface area contributed by atoms with Crippen LogP contribution in [-0.2, 0) is 11.3 Å². The van der Waals surface area contributed by atoms with Crippen molar-refractivity contribution in [2.75, 3.05) is 39.3 Å². The number of benzene rings is 3. The number of hydrogen-bond donors (Lipinski definition) is 0. The minimum absolute atomic E-state index is 0.00908.